The Morgan fingerprint density at radius 2 is 2.38 bits per heavy atom. The molecule has 0 fully saturated rings. The van der Waals surface area contributed by atoms with Gasteiger partial charge in [-0.25, -0.2) is 0 Å². The summed E-state index contributed by atoms with van der Waals surface area (Å²) in [5, 5.41) is 3.44. The van der Waals surface area contributed by atoms with Crippen LogP contribution in [0.4, 0.5) is 0 Å². The highest BCUT2D eigenvalue weighted by Gasteiger charge is 2.11. The Hall–Kier alpha value is -1.28. The highest BCUT2D eigenvalue weighted by atomic mass is 16.5. The minimum atomic E-state index is 0.841. The Labute approximate surface area is 97.3 Å². The van der Waals surface area contributed by atoms with E-state index in [4.69, 9.17) is 4.74 Å². The average molecular weight is 217 g/mol. The molecule has 0 saturated heterocycles. The predicted molar refractivity (Wildman–Crippen MR) is 66.8 cm³/mol. The highest BCUT2D eigenvalue weighted by Crippen LogP contribution is 2.25. The van der Waals surface area contributed by atoms with Gasteiger partial charge in [0.2, 0.25) is 0 Å². The molecule has 16 heavy (non-hydrogen) atoms. The van der Waals surface area contributed by atoms with E-state index in [0.717, 1.165) is 38.3 Å². The molecule has 1 aliphatic rings. The summed E-state index contributed by atoms with van der Waals surface area (Å²) >= 11 is 0. The van der Waals surface area contributed by atoms with E-state index in [2.05, 4.69) is 42.6 Å². The number of benzene rings is 1. The van der Waals surface area contributed by atoms with Gasteiger partial charge in [0.05, 0.1) is 6.61 Å². The van der Waals surface area contributed by atoms with Gasteiger partial charge in [0, 0.05) is 13.0 Å². The lowest BCUT2D eigenvalue weighted by Gasteiger charge is -2.05. The average Bonchev–Trinajstić information content (AvgIpc) is 2.76. The molecule has 0 aliphatic carbocycles. The van der Waals surface area contributed by atoms with Crippen LogP contribution in [0.25, 0.3) is 0 Å². The third kappa shape index (κ3) is 2.86. The second-order valence-corrected chi connectivity index (χ2v) is 4.08. The molecule has 86 valence electrons. The topological polar surface area (TPSA) is 21.3 Å². The molecule has 0 spiro atoms. The van der Waals surface area contributed by atoms with E-state index in [1.54, 1.807) is 0 Å². The molecular weight excluding hydrogens is 198 g/mol. The Kier molecular flexibility index (Phi) is 4.00. The summed E-state index contributed by atoms with van der Waals surface area (Å²) in [5.41, 5.74) is 2.71. The van der Waals surface area contributed by atoms with Gasteiger partial charge in [0.25, 0.3) is 0 Å². The van der Waals surface area contributed by atoms with E-state index in [1.807, 2.05) is 0 Å². The lowest BCUT2D eigenvalue weighted by molar-refractivity contribution is 0.357. The molecule has 0 radical (unpaired) electrons. The van der Waals surface area contributed by atoms with Gasteiger partial charge in [0.1, 0.15) is 5.75 Å². The van der Waals surface area contributed by atoms with Gasteiger partial charge in [0.15, 0.2) is 0 Å². The maximum absolute atomic E-state index is 5.48. The number of allylic oxidation sites excluding steroid dienone is 1. The zero-order valence-electron chi connectivity index (χ0n) is 9.83. The van der Waals surface area contributed by atoms with Gasteiger partial charge in [-0.1, -0.05) is 24.3 Å². The van der Waals surface area contributed by atoms with Crippen molar-refractivity contribution in [3.05, 3.63) is 41.5 Å². The first-order valence-corrected chi connectivity index (χ1v) is 5.96. The van der Waals surface area contributed by atoms with Crippen LogP contribution in [0.15, 0.2) is 30.4 Å². The molecule has 1 heterocycles. The van der Waals surface area contributed by atoms with Crippen LogP contribution in [0.3, 0.4) is 0 Å². The van der Waals surface area contributed by atoms with E-state index in [1.165, 1.54) is 11.1 Å². The van der Waals surface area contributed by atoms with Crippen molar-refractivity contribution in [1.82, 2.24) is 5.32 Å². The number of ether oxygens (including phenoxy) is 1. The van der Waals surface area contributed by atoms with Crippen LogP contribution in [0.2, 0.25) is 0 Å². The third-order valence-corrected chi connectivity index (χ3v) is 2.81. The van der Waals surface area contributed by atoms with Crippen LogP contribution in [-0.2, 0) is 13.0 Å². The number of nitrogens with one attached hydrogen (secondary N) is 1. The summed E-state index contributed by atoms with van der Waals surface area (Å²) in [5.74, 6) is 1.07. The molecule has 1 aromatic carbocycles. The van der Waals surface area contributed by atoms with E-state index in [9.17, 15) is 0 Å². The molecule has 0 bridgehead atoms. The van der Waals surface area contributed by atoms with Crippen molar-refractivity contribution >= 4 is 0 Å². The van der Waals surface area contributed by atoms with E-state index in [-0.39, 0.29) is 0 Å². The first-order chi connectivity index (χ1) is 7.90. The van der Waals surface area contributed by atoms with Crippen molar-refractivity contribution in [2.75, 3.05) is 13.2 Å². The van der Waals surface area contributed by atoms with Gasteiger partial charge >= 0.3 is 0 Å². The van der Waals surface area contributed by atoms with Crippen molar-refractivity contribution in [3.63, 3.8) is 0 Å². The predicted octanol–water partition coefficient (Wildman–Crippen LogP) is 2.68. The molecule has 1 N–H and O–H groups in total. The Morgan fingerprint density at radius 3 is 3.25 bits per heavy atom. The van der Waals surface area contributed by atoms with E-state index in [0.29, 0.717) is 0 Å². The fraction of sp³-hybridized carbons (Fsp3) is 0.429. The number of rotatable bonds is 5. The molecule has 1 aliphatic heterocycles. The van der Waals surface area contributed by atoms with Crippen LogP contribution < -0.4 is 10.1 Å². The smallest absolute Gasteiger partial charge is 0.122 e. The molecule has 2 heteroatoms. The maximum Gasteiger partial charge on any atom is 0.122 e. The Bertz CT molecular complexity index is 371. The van der Waals surface area contributed by atoms with Gasteiger partial charge in [-0.2, -0.15) is 0 Å². The monoisotopic (exact) mass is 217 g/mol. The molecule has 1 aromatic rings. The summed E-state index contributed by atoms with van der Waals surface area (Å²) in [6.45, 7) is 4.89. The summed E-state index contributed by atoms with van der Waals surface area (Å²) in [4.78, 5) is 0. The zero-order valence-corrected chi connectivity index (χ0v) is 9.83. The van der Waals surface area contributed by atoms with Gasteiger partial charge < -0.3 is 10.1 Å². The second kappa shape index (κ2) is 5.71. The van der Waals surface area contributed by atoms with Crippen LogP contribution in [0, 0.1) is 0 Å². The summed E-state index contributed by atoms with van der Waals surface area (Å²) < 4.78 is 5.48. The molecule has 0 saturated carbocycles. The molecule has 0 amide bonds. The highest BCUT2D eigenvalue weighted by molar-refractivity contribution is 5.39. The fourth-order valence-electron chi connectivity index (χ4n) is 1.93. The first kappa shape index (κ1) is 11.2. The van der Waals surface area contributed by atoms with Crippen molar-refractivity contribution in [1.29, 1.82) is 0 Å². The van der Waals surface area contributed by atoms with Gasteiger partial charge in [-0.05, 0) is 37.1 Å². The Morgan fingerprint density at radius 1 is 1.44 bits per heavy atom. The lowest BCUT2D eigenvalue weighted by Crippen LogP contribution is -2.14. The molecule has 2 rings (SSSR count). The van der Waals surface area contributed by atoms with Crippen molar-refractivity contribution in [2.45, 2.75) is 26.3 Å². The first-order valence-electron chi connectivity index (χ1n) is 5.96. The quantitative estimate of drug-likeness (QED) is 0.605. The van der Waals surface area contributed by atoms with Crippen molar-refractivity contribution < 1.29 is 4.74 Å². The summed E-state index contributed by atoms with van der Waals surface area (Å²) in [6.07, 6.45) is 6.43. The standard InChI is InChI=1S/C14H19NO/c1-2-3-4-8-15-11-12-5-6-14-13(10-12)7-9-16-14/h2-3,5-6,10,15H,4,7-9,11H2,1H3/b3-2+. The maximum atomic E-state index is 5.48. The van der Waals surface area contributed by atoms with Crippen LogP contribution in [0.5, 0.6) is 5.75 Å². The van der Waals surface area contributed by atoms with Gasteiger partial charge in [-0.15, -0.1) is 0 Å². The number of hydrogen-bond acceptors (Lipinski definition) is 2. The molecule has 0 unspecified atom stereocenters. The lowest BCUT2D eigenvalue weighted by atomic mass is 10.1. The zero-order chi connectivity index (χ0) is 11.2. The number of fused-ring (bicyclic) bond motifs is 1. The SMILES string of the molecule is C/C=C/CCNCc1ccc2c(c1)CCO2. The number of hydrogen-bond donors (Lipinski definition) is 1. The van der Waals surface area contributed by atoms with Crippen LogP contribution in [0.1, 0.15) is 24.5 Å². The minimum Gasteiger partial charge on any atom is -0.493 e. The molecule has 2 nitrogen and oxygen atoms in total. The third-order valence-electron chi connectivity index (χ3n) is 2.81. The fourth-order valence-corrected chi connectivity index (χ4v) is 1.93. The van der Waals surface area contributed by atoms with Gasteiger partial charge in [-0.3, -0.25) is 0 Å². The summed E-state index contributed by atoms with van der Waals surface area (Å²) in [7, 11) is 0. The molecule has 0 aromatic heterocycles. The summed E-state index contributed by atoms with van der Waals surface area (Å²) in [6, 6.07) is 6.49. The normalized spacial score (nSPS) is 14.1. The van der Waals surface area contributed by atoms with Crippen LogP contribution >= 0.6 is 0 Å². The van der Waals surface area contributed by atoms with E-state index >= 15 is 0 Å². The minimum absolute atomic E-state index is 0.841. The molecule has 0 atom stereocenters. The van der Waals surface area contributed by atoms with Crippen molar-refractivity contribution in [3.8, 4) is 5.75 Å². The molecular formula is C14H19NO. The van der Waals surface area contributed by atoms with E-state index < -0.39 is 0 Å². The Balaban J connectivity index is 1.81. The largest absolute Gasteiger partial charge is 0.493 e. The van der Waals surface area contributed by atoms with Crippen LogP contribution in [-0.4, -0.2) is 13.2 Å². The van der Waals surface area contributed by atoms with Crippen molar-refractivity contribution in [2.24, 2.45) is 0 Å². The second-order valence-electron chi connectivity index (χ2n) is 4.08.